The van der Waals surface area contributed by atoms with Crippen molar-refractivity contribution in [2.45, 2.75) is 65.7 Å². The molecule has 1 fully saturated rings. The Morgan fingerprint density at radius 1 is 1.13 bits per heavy atom. The molecular formula is C27H34N8O3. The number of nitrogens with one attached hydrogen (secondary N) is 1. The molecule has 5 heterocycles. The molecule has 1 amide bonds. The van der Waals surface area contributed by atoms with Crippen LogP contribution in [0.1, 0.15) is 45.6 Å². The van der Waals surface area contributed by atoms with Crippen LogP contribution in [0.25, 0.3) is 16.8 Å². The first-order valence-corrected chi connectivity index (χ1v) is 12.7. The number of aromatic nitrogens is 6. The minimum Gasteiger partial charge on any atom is -0.484 e. The number of carbonyl (C=O) groups is 1. The lowest BCUT2D eigenvalue weighted by molar-refractivity contribution is 0.0192. The van der Waals surface area contributed by atoms with E-state index in [9.17, 15) is 4.79 Å². The first-order chi connectivity index (χ1) is 18.0. The van der Waals surface area contributed by atoms with E-state index in [4.69, 9.17) is 9.47 Å². The van der Waals surface area contributed by atoms with Crippen molar-refractivity contribution in [2.75, 3.05) is 11.9 Å². The van der Waals surface area contributed by atoms with Gasteiger partial charge in [0.1, 0.15) is 29.0 Å². The molecule has 1 aliphatic rings. The fraction of sp³-hybridized carbons (Fsp3) is 0.444. The summed E-state index contributed by atoms with van der Waals surface area (Å²) in [5.74, 6) is 2.76. The van der Waals surface area contributed by atoms with Gasteiger partial charge >= 0.3 is 6.09 Å². The SMILES string of the molecule is Cc1cc(Nc2cc3cc(-c4c(O[C@H]5CCN(C(=O)OC(C)(C)C)[C@@H]5C)cnn4C)ccn3n2)nc(C)n1. The van der Waals surface area contributed by atoms with E-state index in [1.54, 1.807) is 20.3 Å². The van der Waals surface area contributed by atoms with E-state index in [-0.39, 0.29) is 18.2 Å². The summed E-state index contributed by atoms with van der Waals surface area (Å²) in [6.07, 6.45) is 3.87. The molecule has 11 nitrogen and oxygen atoms in total. The highest BCUT2D eigenvalue weighted by atomic mass is 16.6. The number of aryl methyl sites for hydroxylation is 3. The van der Waals surface area contributed by atoms with Crippen molar-refractivity contribution < 1.29 is 14.3 Å². The van der Waals surface area contributed by atoms with Gasteiger partial charge in [-0.1, -0.05) is 0 Å². The van der Waals surface area contributed by atoms with Gasteiger partial charge in [-0.2, -0.15) is 10.2 Å². The number of rotatable bonds is 5. The highest BCUT2D eigenvalue weighted by Gasteiger charge is 2.38. The minimum absolute atomic E-state index is 0.127. The smallest absolute Gasteiger partial charge is 0.410 e. The fourth-order valence-corrected chi connectivity index (χ4v) is 4.76. The van der Waals surface area contributed by atoms with Crippen molar-refractivity contribution in [3.8, 4) is 17.0 Å². The molecule has 0 saturated carbocycles. The topological polar surface area (TPSA) is 112 Å². The molecule has 1 aliphatic heterocycles. The van der Waals surface area contributed by atoms with Gasteiger partial charge in [-0.05, 0) is 53.7 Å². The molecule has 1 N–H and O–H groups in total. The highest BCUT2D eigenvalue weighted by molar-refractivity contribution is 5.73. The van der Waals surface area contributed by atoms with E-state index in [0.29, 0.717) is 36.2 Å². The van der Waals surface area contributed by atoms with Gasteiger partial charge in [0.05, 0.1) is 17.8 Å². The van der Waals surface area contributed by atoms with E-state index >= 15 is 0 Å². The molecule has 0 spiro atoms. The zero-order valence-corrected chi connectivity index (χ0v) is 22.9. The molecule has 5 rings (SSSR count). The number of fused-ring (bicyclic) bond motifs is 1. The van der Waals surface area contributed by atoms with Gasteiger partial charge in [-0.25, -0.2) is 19.3 Å². The van der Waals surface area contributed by atoms with Gasteiger partial charge in [-0.15, -0.1) is 0 Å². The molecule has 11 heteroatoms. The second-order valence-corrected chi connectivity index (χ2v) is 10.7. The molecule has 2 atom stereocenters. The van der Waals surface area contributed by atoms with Crippen molar-refractivity contribution in [1.82, 2.24) is 34.3 Å². The molecule has 4 aromatic heterocycles. The number of anilines is 2. The molecule has 1 saturated heterocycles. The summed E-state index contributed by atoms with van der Waals surface area (Å²) in [5.41, 5.74) is 3.06. The van der Waals surface area contributed by atoms with Crippen molar-refractivity contribution >= 4 is 23.2 Å². The van der Waals surface area contributed by atoms with Crippen molar-refractivity contribution in [3.63, 3.8) is 0 Å². The third kappa shape index (κ3) is 5.27. The van der Waals surface area contributed by atoms with Crippen LogP contribution in [0.15, 0.2) is 36.7 Å². The number of carbonyl (C=O) groups excluding carboxylic acids is 1. The van der Waals surface area contributed by atoms with Crippen LogP contribution in [-0.2, 0) is 11.8 Å². The van der Waals surface area contributed by atoms with Gasteiger partial charge in [0.25, 0.3) is 0 Å². The molecule has 0 aliphatic carbocycles. The molecule has 0 unspecified atom stereocenters. The number of amides is 1. The quantitative estimate of drug-likeness (QED) is 0.406. The monoisotopic (exact) mass is 518 g/mol. The lowest BCUT2D eigenvalue weighted by Gasteiger charge is -2.28. The lowest BCUT2D eigenvalue weighted by Crippen LogP contribution is -2.42. The predicted molar refractivity (Wildman–Crippen MR) is 144 cm³/mol. The second kappa shape index (κ2) is 9.62. The Morgan fingerprint density at radius 3 is 2.66 bits per heavy atom. The van der Waals surface area contributed by atoms with E-state index < -0.39 is 5.60 Å². The van der Waals surface area contributed by atoms with E-state index in [0.717, 1.165) is 22.5 Å². The summed E-state index contributed by atoms with van der Waals surface area (Å²) in [5, 5.41) is 12.3. The normalized spacial score (nSPS) is 17.7. The maximum atomic E-state index is 12.6. The van der Waals surface area contributed by atoms with Crippen molar-refractivity contribution in [3.05, 3.63) is 48.2 Å². The summed E-state index contributed by atoms with van der Waals surface area (Å²) in [6.45, 7) is 12.0. The standard InChI is InChI=1S/C27H34N8O3/c1-16-12-23(30-18(3)29-16)31-24-14-20-13-19(8-11-35(20)32-24)25-22(15-28-33(25)7)37-21-9-10-34(17(21)2)26(36)38-27(4,5)6/h8,11-15,17,21H,9-10H2,1-7H3,(H,29,30,31,32)/t17-,21+/m1/s1. The maximum Gasteiger partial charge on any atom is 0.410 e. The number of nitrogens with zero attached hydrogens (tertiary/aromatic N) is 7. The average Bonchev–Trinajstić information content (AvgIpc) is 3.48. The first kappa shape index (κ1) is 25.5. The van der Waals surface area contributed by atoms with E-state index in [1.165, 1.54) is 0 Å². The van der Waals surface area contributed by atoms with Crippen LogP contribution in [0, 0.1) is 13.8 Å². The van der Waals surface area contributed by atoms with E-state index in [2.05, 4.69) is 25.5 Å². The summed E-state index contributed by atoms with van der Waals surface area (Å²) in [4.78, 5) is 23.1. The van der Waals surface area contributed by atoms with Gasteiger partial charge in [0.15, 0.2) is 11.6 Å². The Bertz CT molecular complexity index is 1470. The Labute approximate surface area is 221 Å². The van der Waals surface area contributed by atoms with Crippen LogP contribution in [0.3, 0.4) is 0 Å². The molecule has 0 aromatic carbocycles. The van der Waals surface area contributed by atoms with Crippen LogP contribution >= 0.6 is 0 Å². The Balaban J connectivity index is 1.36. The largest absolute Gasteiger partial charge is 0.484 e. The van der Waals surface area contributed by atoms with Crippen LogP contribution in [-0.4, -0.2) is 64.6 Å². The van der Waals surface area contributed by atoms with Gasteiger partial charge in [0, 0.05) is 49.6 Å². The predicted octanol–water partition coefficient (Wildman–Crippen LogP) is 4.66. The zero-order valence-electron chi connectivity index (χ0n) is 22.9. The number of hydrogen-bond acceptors (Lipinski definition) is 8. The van der Waals surface area contributed by atoms with E-state index in [1.807, 2.05) is 79.1 Å². The minimum atomic E-state index is -0.541. The first-order valence-electron chi connectivity index (χ1n) is 12.7. The molecule has 4 aromatic rings. The zero-order chi connectivity index (χ0) is 27.2. The summed E-state index contributed by atoms with van der Waals surface area (Å²) in [6, 6.07) is 7.75. The van der Waals surface area contributed by atoms with Crippen molar-refractivity contribution in [1.29, 1.82) is 0 Å². The molecule has 38 heavy (non-hydrogen) atoms. The number of hydrogen-bond donors (Lipinski definition) is 1. The van der Waals surface area contributed by atoms with Crippen LogP contribution in [0.4, 0.5) is 16.4 Å². The average molecular weight is 519 g/mol. The third-order valence-corrected chi connectivity index (χ3v) is 6.45. The van der Waals surface area contributed by atoms with Crippen LogP contribution in [0.5, 0.6) is 5.75 Å². The number of ether oxygens (including phenoxy) is 2. The highest BCUT2D eigenvalue weighted by Crippen LogP contribution is 2.34. The maximum absolute atomic E-state index is 12.6. The third-order valence-electron chi connectivity index (χ3n) is 6.45. The van der Waals surface area contributed by atoms with Gasteiger partial charge in [-0.3, -0.25) is 4.68 Å². The fourth-order valence-electron chi connectivity index (χ4n) is 4.76. The van der Waals surface area contributed by atoms with Gasteiger partial charge < -0.3 is 19.7 Å². The summed E-state index contributed by atoms with van der Waals surface area (Å²) >= 11 is 0. The Kier molecular flexibility index (Phi) is 6.46. The molecule has 0 bridgehead atoms. The Hall–Kier alpha value is -4.15. The number of pyridine rings is 1. The van der Waals surface area contributed by atoms with Crippen molar-refractivity contribution in [2.24, 2.45) is 7.05 Å². The molecule has 200 valence electrons. The Morgan fingerprint density at radius 2 is 1.92 bits per heavy atom. The second-order valence-electron chi connectivity index (χ2n) is 10.7. The van der Waals surface area contributed by atoms with Gasteiger partial charge in [0.2, 0.25) is 0 Å². The molecular weight excluding hydrogens is 484 g/mol. The summed E-state index contributed by atoms with van der Waals surface area (Å²) in [7, 11) is 1.89. The lowest BCUT2D eigenvalue weighted by atomic mass is 10.1. The van der Waals surface area contributed by atoms with Crippen LogP contribution in [0.2, 0.25) is 0 Å². The number of likely N-dealkylation sites (tertiary alicyclic amines) is 1. The van der Waals surface area contributed by atoms with Crippen LogP contribution < -0.4 is 10.1 Å². The summed E-state index contributed by atoms with van der Waals surface area (Å²) < 4.78 is 15.6. The molecule has 0 radical (unpaired) electrons.